The van der Waals surface area contributed by atoms with E-state index in [4.69, 9.17) is 0 Å². The summed E-state index contributed by atoms with van der Waals surface area (Å²) in [5, 5.41) is 2.68. The standard InChI is InChI=1S/C15H22N2O/c1-4-8-15(13(2)16-12-18)17(3)11-14-9-6-5-7-10-14/h5-7,9-10,12,15H,2,4,8,11H2,1,3H3,(H,16,18). The molecule has 1 aromatic rings. The van der Waals surface area contributed by atoms with Crippen molar-refractivity contribution in [3.8, 4) is 0 Å². The summed E-state index contributed by atoms with van der Waals surface area (Å²) < 4.78 is 0. The van der Waals surface area contributed by atoms with Crippen molar-refractivity contribution in [1.82, 2.24) is 10.2 Å². The zero-order valence-corrected chi connectivity index (χ0v) is 11.2. The van der Waals surface area contributed by atoms with E-state index >= 15 is 0 Å². The van der Waals surface area contributed by atoms with E-state index in [2.05, 4.69) is 42.9 Å². The SMILES string of the molecule is C=C(NC=O)C(CCC)N(C)Cc1ccccc1. The molecular weight excluding hydrogens is 224 g/mol. The van der Waals surface area contributed by atoms with Gasteiger partial charge in [-0.3, -0.25) is 9.69 Å². The van der Waals surface area contributed by atoms with Crippen LogP contribution in [0.4, 0.5) is 0 Å². The van der Waals surface area contributed by atoms with Gasteiger partial charge in [-0.2, -0.15) is 0 Å². The molecule has 0 aliphatic heterocycles. The average Bonchev–Trinajstić information content (AvgIpc) is 2.37. The monoisotopic (exact) mass is 246 g/mol. The van der Waals surface area contributed by atoms with Crippen LogP contribution in [0.3, 0.4) is 0 Å². The zero-order valence-electron chi connectivity index (χ0n) is 11.2. The van der Waals surface area contributed by atoms with E-state index in [1.807, 2.05) is 18.2 Å². The second kappa shape index (κ2) is 7.67. The second-order valence-electron chi connectivity index (χ2n) is 4.49. The van der Waals surface area contributed by atoms with Crippen LogP contribution >= 0.6 is 0 Å². The summed E-state index contributed by atoms with van der Waals surface area (Å²) in [7, 11) is 2.06. The third kappa shape index (κ3) is 4.34. The molecule has 0 aliphatic rings. The zero-order chi connectivity index (χ0) is 13.4. The number of nitrogens with zero attached hydrogens (tertiary/aromatic N) is 1. The summed E-state index contributed by atoms with van der Waals surface area (Å²) in [6.45, 7) is 6.93. The van der Waals surface area contributed by atoms with Gasteiger partial charge in [0.15, 0.2) is 0 Å². The number of benzene rings is 1. The quantitative estimate of drug-likeness (QED) is 0.715. The maximum absolute atomic E-state index is 10.5. The van der Waals surface area contributed by atoms with E-state index in [1.165, 1.54) is 5.56 Å². The number of amides is 1. The maximum atomic E-state index is 10.5. The van der Waals surface area contributed by atoms with Crippen LogP contribution in [0.15, 0.2) is 42.6 Å². The van der Waals surface area contributed by atoms with Gasteiger partial charge in [0.25, 0.3) is 0 Å². The lowest BCUT2D eigenvalue weighted by molar-refractivity contribution is -0.109. The van der Waals surface area contributed by atoms with Gasteiger partial charge in [-0.25, -0.2) is 0 Å². The summed E-state index contributed by atoms with van der Waals surface area (Å²) in [4.78, 5) is 12.7. The first-order valence-electron chi connectivity index (χ1n) is 6.32. The van der Waals surface area contributed by atoms with E-state index < -0.39 is 0 Å². The van der Waals surface area contributed by atoms with Crippen LogP contribution in [-0.2, 0) is 11.3 Å². The molecule has 0 aromatic heterocycles. The minimum atomic E-state index is 0.181. The predicted octanol–water partition coefficient (Wildman–Crippen LogP) is 2.55. The highest BCUT2D eigenvalue weighted by atomic mass is 16.1. The number of carbonyl (C=O) groups is 1. The van der Waals surface area contributed by atoms with Crippen molar-refractivity contribution in [3.05, 3.63) is 48.2 Å². The molecule has 0 fully saturated rings. The molecule has 98 valence electrons. The van der Waals surface area contributed by atoms with Crippen LogP contribution in [0.25, 0.3) is 0 Å². The van der Waals surface area contributed by atoms with Crippen molar-refractivity contribution in [2.24, 2.45) is 0 Å². The highest BCUT2D eigenvalue weighted by Crippen LogP contribution is 2.14. The number of hydrogen-bond acceptors (Lipinski definition) is 2. The minimum absolute atomic E-state index is 0.181. The van der Waals surface area contributed by atoms with Gasteiger partial charge in [0, 0.05) is 18.3 Å². The van der Waals surface area contributed by atoms with Gasteiger partial charge in [0.05, 0.1) is 0 Å². The summed E-state index contributed by atoms with van der Waals surface area (Å²) >= 11 is 0. The first-order valence-corrected chi connectivity index (χ1v) is 6.32. The molecule has 3 heteroatoms. The highest BCUT2D eigenvalue weighted by Gasteiger charge is 2.17. The third-order valence-corrected chi connectivity index (χ3v) is 3.02. The molecule has 1 unspecified atom stereocenters. The van der Waals surface area contributed by atoms with Crippen LogP contribution in [0, 0.1) is 0 Å². The normalized spacial score (nSPS) is 12.2. The number of likely N-dealkylation sites (N-methyl/N-ethyl adjacent to an activating group) is 1. The van der Waals surface area contributed by atoms with Crippen LogP contribution in [0.2, 0.25) is 0 Å². The largest absolute Gasteiger partial charge is 0.331 e. The molecule has 1 aromatic carbocycles. The molecule has 1 amide bonds. The molecule has 0 saturated heterocycles. The summed E-state index contributed by atoms with van der Waals surface area (Å²) in [5.74, 6) is 0. The maximum Gasteiger partial charge on any atom is 0.211 e. The predicted molar refractivity (Wildman–Crippen MR) is 74.9 cm³/mol. The molecule has 1 N–H and O–H groups in total. The Morgan fingerprint density at radius 3 is 2.67 bits per heavy atom. The van der Waals surface area contributed by atoms with E-state index in [1.54, 1.807) is 0 Å². The molecule has 3 nitrogen and oxygen atoms in total. The third-order valence-electron chi connectivity index (χ3n) is 3.02. The Morgan fingerprint density at radius 1 is 1.44 bits per heavy atom. The Kier molecular flexibility index (Phi) is 6.15. The van der Waals surface area contributed by atoms with Gasteiger partial charge in [0.1, 0.15) is 0 Å². The average molecular weight is 246 g/mol. The number of carbonyl (C=O) groups excluding carboxylic acids is 1. The topological polar surface area (TPSA) is 32.3 Å². The second-order valence-corrected chi connectivity index (χ2v) is 4.49. The molecule has 0 bridgehead atoms. The molecule has 0 saturated carbocycles. The lowest BCUT2D eigenvalue weighted by Gasteiger charge is -2.29. The summed E-state index contributed by atoms with van der Waals surface area (Å²) in [6, 6.07) is 10.5. The Labute approximate surface area is 109 Å². The van der Waals surface area contributed by atoms with Crippen LogP contribution in [-0.4, -0.2) is 24.4 Å². The van der Waals surface area contributed by atoms with Crippen LogP contribution < -0.4 is 5.32 Å². The van der Waals surface area contributed by atoms with Gasteiger partial charge >= 0.3 is 0 Å². The van der Waals surface area contributed by atoms with Gasteiger partial charge in [-0.05, 0) is 19.0 Å². The Balaban J connectivity index is 2.67. The lowest BCUT2D eigenvalue weighted by Crippen LogP contribution is -2.37. The van der Waals surface area contributed by atoms with E-state index in [0.717, 1.165) is 25.1 Å². The molecule has 1 atom stereocenters. The molecule has 1 rings (SSSR count). The molecule has 0 aliphatic carbocycles. The Morgan fingerprint density at radius 2 is 2.11 bits per heavy atom. The highest BCUT2D eigenvalue weighted by molar-refractivity contribution is 5.50. The summed E-state index contributed by atoms with van der Waals surface area (Å²) in [5.41, 5.74) is 2.03. The fourth-order valence-electron chi connectivity index (χ4n) is 2.09. The Hall–Kier alpha value is -1.61. The molecule has 18 heavy (non-hydrogen) atoms. The summed E-state index contributed by atoms with van der Waals surface area (Å²) in [6.07, 6.45) is 2.74. The van der Waals surface area contributed by atoms with Crippen LogP contribution in [0.1, 0.15) is 25.3 Å². The van der Waals surface area contributed by atoms with Gasteiger partial charge in [-0.1, -0.05) is 50.3 Å². The fourth-order valence-corrected chi connectivity index (χ4v) is 2.09. The number of nitrogens with one attached hydrogen (secondary N) is 1. The van der Waals surface area contributed by atoms with Crippen molar-refractivity contribution in [3.63, 3.8) is 0 Å². The van der Waals surface area contributed by atoms with Crippen molar-refractivity contribution in [2.75, 3.05) is 7.05 Å². The number of hydrogen-bond donors (Lipinski definition) is 1. The van der Waals surface area contributed by atoms with Crippen molar-refractivity contribution in [1.29, 1.82) is 0 Å². The first kappa shape index (κ1) is 14.5. The van der Waals surface area contributed by atoms with Crippen LogP contribution in [0.5, 0.6) is 0 Å². The fraction of sp³-hybridized carbons (Fsp3) is 0.400. The lowest BCUT2D eigenvalue weighted by atomic mass is 10.1. The molecular formula is C15H22N2O. The molecule has 0 spiro atoms. The smallest absolute Gasteiger partial charge is 0.211 e. The Bertz CT molecular complexity index is 375. The molecule has 0 radical (unpaired) electrons. The van der Waals surface area contributed by atoms with Gasteiger partial charge in [0.2, 0.25) is 6.41 Å². The van der Waals surface area contributed by atoms with Gasteiger partial charge < -0.3 is 5.32 Å². The molecule has 0 heterocycles. The van der Waals surface area contributed by atoms with E-state index in [-0.39, 0.29) is 6.04 Å². The first-order chi connectivity index (χ1) is 8.69. The van der Waals surface area contributed by atoms with Crippen molar-refractivity contribution >= 4 is 6.41 Å². The number of rotatable bonds is 8. The van der Waals surface area contributed by atoms with Gasteiger partial charge in [-0.15, -0.1) is 0 Å². The minimum Gasteiger partial charge on any atom is -0.331 e. The van der Waals surface area contributed by atoms with E-state index in [0.29, 0.717) is 6.41 Å². The van der Waals surface area contributed by atoms with Crippen molar-refractivity contribution in [2.45, 2.75) is 32.4 Å². The van der Waals surface area contributed by atoms with Crippen molar-refractivity contribution < 1.29 is 4.79 Å². The van der Waals surface area contributed by atoms with E-state index in [9.17, 15) is 4.79 Å².